The highest BCUT2D eigenvalue weighted by Crippen LogP contribution is 2.06. The monoisotopic (exact) mass is 177 g/mol. The number of hydrogen-bond donors (Lipinski definition) is 0. The van der Waals surface area contributed by atoms with E-state index in [2.05, 4.69) is 19.1 Å². The van der Waals surface area contributed by atoms with Gasteiger partial charge in [-0.3, -0.25) is 0 Å². The number of nitriles is 1. The Labute approximate surface area is 81.8 Å². The third-order valence-corrected chi connectivity index (χ3v) is 1.92. The average molecular weight is 177 g/mol. The van der Waals surface area contributed by atoms with Crippen molar-refractivity contribution in [3.05, 3.63) is 24.3 Å². The summed E-state index contributed by atoms with van der Waals surface area (Å²) in [6, 6.07) is 2.00. The average Bonchev–Trinajstić information content (AvgIpc) is 2.16. The molecule has 0 aromatic carbocycles. The molecule has 13 heavy (non-hydrogen) atoms. The fourth-order valence-electron chi connectivity index (χ4n) is 1.18. The van der Waals surface area contributed by atoms with Gasteiger partial charge >= 0.3 is 0 Å². The molecule has 0 rings (SSSR count). The van der Waals surface area contributed by atoms with Crippen molar-refractivity contribution in [2.45, 2.75) is 45.4 Å². The van der Waals surface area contributed by atoms with Crippen molar-refractivity contribution < 1.29 is 0 Å². The summed E-state index contributed by atoms with van der Waals surface area (Å²) >= 11 is 0. The van der Waals surface area contributed by atoms with Crippen molar-refractivity contribution in [3.63, 3.8) is 0 Å². The minimum Gasteiger partial charge on any atom is -0.193 e. The van der Waals surface area contributed by atoms with E-state index in [9.17, 15) is 0 Å². The SMILES string of the molecule is C/C=C/CCCCCC/C=C/C#N. The molecule has 0 aliphatic rings. The zero-order valence-electron chi connectivity index (χ0n) is 8.50. The maximum atomic E-state index is 8.22. The molecule has 0 atom stereocenters. The van der Waals surface area contributed by atoms with Crippen LogP contribution >= 0.6 is 0 Å². The molecule has 0 aromatic heterocycles. The molecule has 0 fully saturated rings. The van der Waals surface area contributed by atoms with Crippen molar-refractivity contribution >= 4 is 0 Å². The van der Waals surface area contributed by atoms with Crippen LogP contribution in [-0.2, 0) is 0 Å². The third-order valence-electron chi connectivity index (χ3n) is 1.92. The second kappa shape index (κ2) is 11.0. The second-order valence-corrected chi connectivity index (χ2v) is 3.09. The predicted molar refractivity (Wildman–Crippen MR) is 57.3 cm³/mol. The van der Waals surface area contributed by atoms with E-state index in [1.807, 2.05) is 12.1 Å². The Morgan fingerprint density at radius 2 is 1.62 bits per heavy atom. The number of unbranched alkanes of at least 4 members (excludes halogenated alkanes) is 5. The van der Waals surface area contributed by atoms with Crippen LogP contribution < -0.4 is 0 Å². The van der Waals surface area contributed by atoms with Gasteiger partial charge in [-0.2, -0.15) is 5.26 Å². The van der Waals surface area contributed by atoms with E-state index < -0.39 is 0 Å². The van der Waals surface area contributed by atoms with Gasteiger partial charge in [-0.25, -0.2) is 0 Å². The quantitative estimate of drug-likeness (QED) is 0.328. The lowest BCUT2D eigenvalue weighted by Gasteiger charge is -1.95. The number of rotatable bonds is 7. The molecule has 0 aromatic rings. The van der Waals surface area contributed by atoms with E-state index in [-0.39, 0.29) is 0 Å². The molecule has 0 N–H and O–H groups in total. The minimum absolute atomic E-state index is 1.05. The molecule has 0 amide bonds. The molecule has 0 bridgehead atoms. The van der Waals surface area contributed by atoms with Crippen molar-refractivity contribution in [1.82, 2.24) is 0 Å². The molecule has 0 radical (unpaired) electrons. The summed E-state index contributed by atoms with van der Waals surface area (Å²) in [6.07, 6.45) is 15.2. The Hall–Kier alpha value is -1.03. The van der Waals surface area contributed by atoms with E-state index in [0.29, 0.717) is 0 Å². The van der Waals surface area contributed by atoms with Gasteiger partial charge in [0.05, 0.1) is 6.07 Å². The lowest BCUT2D eigenvalue weighted by Crippen LogP contribution is -1.76. The van der Waals surface area contributed by atoms with E-state index in [1.54, 1.807) is 6.08 Å². The zero-order chi connectivity index (χ0) is 9.78. The normalized spacial score (nSPS) is 11.1. The Bertz CT molecular complexity index is 184. The largest absolute Gasteiger partial charge is 0.193 e. The van der Waals surface area contributed by atoms with Gasteiger partial charge < -0.3 is 0 Å². The van der Waals surface area contributed by atoms with Crippen LogP contribution in [0.2, 0.25) is 0 Å². The topological polar surface area (TPSA) is 23.8 Å². The predicted octanol–water partition coefficient (Wildman–Crippen LogP) is 3.98. The highest BCUT2D eigenvalue weighted by molar-refractivity contribution is 5.01. The lowest BCUT2D eigenvalue weighted by atomic mass is 10.1. The first kappa shape index (κ1) is 12.0. The minimum atomic E-state index is 1.05. The van der Waals surface area contributed by atoms with Crippen molar-refractivity contribution in [1.29, 1.82) is 5.26 Å². The third kappa shape index (κ3) is 11.0. The lowest BCUT2D eigenvalue weighted by molar-refractivity contribution is 0.652. The van der Waals surface area contributed by atoms with Crippen LogP contribution in [0.1, 0.15) is 45.4 Å². The van der Waals surface area contributed by atoms with Crippen LogP contribution in [0.4, 0.5) is 0 Å². The number of nitrogens with zero attached hydrogens (tertiary/aromatic N) is 1. The molecule has 0 aliphatic heterocycles. The Balaban J connectivity index is 3.00. The van der Waals surface area contributed by atoms with Crippen molar-refractivity contribution in [2.75, 3.05) is 0 Å². The summed E-state index contributed by atoms with van der Waals surface area (Å²) in [7, 11) is 0. The molecule has 0 saturated heterocycles. The Kier molecular flexibility index (Phi) is 10.1. The molecule has 1 heteroatoms. The first-order valence-corrected chi connectivity index (χ1v) is 5.07. The van der Waals surface area contributed by atoms with Gasteiger partial charge in [-0.15, -0.1) is 0 Å². The van der Waals surface area contributed by atoms with Crippen LogP contribution in [0.5, 0.6) is 0 Å². The number of allylic oxidation sites excluding steroid dienone is 4. The van der Waals surface area contributed by atoms with Crippen molar-refractivity contribution in [2.24, 2.45) is 0 Å². The van der Waals surface area contributed by atoms with Crippen LogP contribution in [0, 0.1) is 11.3 Å². The molecule has 1 nitrogen and oxygen atoms in total. The van der Waals surface area contributed by atoms with Gasteiger partial charge in [-0.1, -0.05) is 31.1 Å². The summed E-state index contributed by atoms with van der Waals surface area (Å²) in [5, 5.41) is 8.22. The first-order valence-electron chi connectivity index (χ1n) is 5.07. The zero-order valence-corrected chi connectivity index (χ0v) is 8.50. The van der Waals surface area contributed by atoms with Gasteiger partial charge in [0, 0.05) is 6.08 Å². The van der Waals surface area contributed by atoms with Crippen molar-refractivity contribution in [3.8, 4) is 6.07 Å². The molecule has 0 spiro atoms. The number of hydrogen-bond acceptors (Lipinski definition) is 1. The molecule has 0 unspecified atom stereocenters. The maximum Gasteiger partial charge on any atom is 0.0908 e. The van der Waals surface area contributed by atoms with E-state index in [4.69, 9.17) is 5.26 Å². The fourth-order valence-corrected chi connectivity index (χ4v) is 1.18. The molecular formula is C12H19N. The molecule has 72 valence electrons. The molecular weight excluding hydrogens is 158 g/mol. The highest BCUT2D eigenvalue weighted by Gasteiger charge is 1.86. The summed E-state index contributed by atoms with van der Waals surface area (Å²) in [5.74, 6) is 0. The molecule has 0 saturated carbocycles. The summed E-state index contributed by atoms with van der Waals surface area (Å²) < 4.78 is 0. The highest BCUT2D eigenvalue weighted by atomic mass is 14.2. The summed E-state index contributed by atoms with van der Waals surface area (Å²) in [6.45, 7) is 2.06. The Morgan fingerprint density at radius 1 is 1.00 bits per heavy atom. The second-order valence-electron chi connectivity index (χ2n) is 3.09. The molecule has 0 aliphatic carbocycles. The summed E-state index contributed by atoms with van der Waals surface area (Å²) in [5.41, 5.74) is 0. The summed E-state index contributed by atoms with van der Waals surface area (Å²) in [4.78, 5) is 0. The standard InChI is InChI=1S/C12H19N/c1-2-3-4-5-6-7-8-9-10-11-12-13/h2-3,10-11H,4-9H2,1H3/b3-2+,11-10+. The van der Waals surface area contributed by atoms with Gasteiger partial charge in [0.25, 0.3) is 0 Å². The van der Waals surface area contributed by atoms with E-state index in [1.165, 1.54) is 32.1 Å². The van der Waals surface area contributed by atoms with Gasteiger partial charge in [0.2, 0.25) is 0 Å². The van der Waals surface area contributed by atoms with E-state index in [0.717, 1.165) is 6.42 Å². The van der Waals surface area contributed by atoms with Crippen LogP contribution in [-0.4, -0.2) is 0 Å². The van der Waals surface area contributed by atoms with E-state index >= 15 is 0 Å². The molecule has 0 heterocycles. The smallest absolute Gasteiger partial charge is 0.0908 e. The Morgan fingerprint density at radius 3 is 2.15 bits per heavy atom. The van der Waals surface area contributed by atoms with Gasteiger partial charge in [0.1, 0.15) is 0 Å². The van der Waals surface area contributed by atoms with Crippen LogP contribution in [0.15, 0.2) is 24.3 Å². The van der Waals surface area contributed by atoms with Crippen LogP contribution in [0.25, 0.3) is 0 Å². The maximum absolute atomic E-state index is 8.22. The first-order chi connectivity index (χ1) is 6.41. The fraction of sp³-hybridized carbons (Fsp3) is 0.583. The van der Waals surface area contributed by atoms with Gasteiger partial charge in [0.15, 0.2) is 0 Å². The van der Waals surface area contributed by atoms with Gasteiger partial charge in [-0.05, 0) is 32.6 Å². The van der Waals surface area contributed by atoms with Crippen LogP contribution in [0.3, 0.4) is 0 Å².